The lowest BCUT2D eigenvalue weighted by Crippen LogP contribution is -2.52. The first-order chi connectivity index (χ1) is 16.6. The van der Waals surface area contributed by atoms with Gasteiger partial charge in [-0.25, -0.2) is 4.79 Å². The summed E-state index contributed by atoms with van der Waals surface area (Å²) in [6.07, 6.45) is 6.53. The minimum absolute atomic E-state index is 0.0209. The molecule has 2 heterocycles. The van der Waals surface area contributed by atoms with Crippen LogP contribution in [0.15, 0.2) is 30.3 Å². The van der Waals surface area contributed by atoms with Gasteiger partial charge in [-0.2, -0.15) is 0 Å². The first-order valence-corrected chi connectivity index (χ1v) is 13.2. The fraction of sp³-hybridized carbons (Fsp3) is 0.679. The Kier molecular flexibility index (Phi) is 7.43. The van der Waals surface area contributed by atoms with Gasteiger partial charge in [-0.1, -0.05) is 49.6 Å². The molecular weight excluding hydrogens is 444 g/mol. The molecule has 0 aromatic heterocycles. The maximum atomic E-state index is 13.8. The molecular formula is C28H40N2O5. The number of likely N-dealkylation sites (tertiary alicyclic amines) is 2. The van der Waals surface area contributed by atoms with Crippen molar-refractivity contribution >= 4 is 18.0 Å². The zero-order valence-electron chi connectivity index (χ0n) is 21.4. The number of benzene rings is 1. The SMILES string of the molecule is CC(C)(C)OC(=O)N1CCC(C(=O)N2CCC(C(=O)O)(C3CCCCC3)CC2)C1c1ccccc1. The van der Waals surface area contributed by atoms with Gasteiger partial charge in [0.15, 0.2) is 0 Å². The van der Waals surface area contributed by atoms with Crippen LogP contribution in [0.2, 0.25) is 0 Å². The van der Waals surface area contributed by atoms with Crippen LogP contribution in [0.4, 0.5) is 4.79 Å². The summed E-state index contributed by atoms with van der Waals surface area (Å²) in [5, 5.41) is 10.2. The molecule has 1 aromatic rings. The van der Waals surface area contributed by atoms with E-state index in [1.165, 1.54) is 6.42 Å². The number of rotatable bonds is 4. The van der Waals surface area contributed by atoms with Gasteiger partial charge in [0, 0.05) is 19.6 Å². The van der Waals surface area contributed by atoms with E-state index >= 15 is 0 Å². The predicted octanol–water partition coefficient (Wildman–Crippen LogP) is 5.26. The van der Waals surface area contributed by atoms with Gasteiger partial charge in [-0.15, -0.1) is 0 Å². The van der Waals surface area contributed by atoms with Crippen LogP contribution >= 0.6 is 0 Å². The van der Waals surface area contributed by atoms with E-state index < -0.39 is 23.1 Å². The first-order valence-electron chi connectivity index (χ1n) is 13.2. The molecule has 192 valence electrons. The number of hydrogen-bond acceptors (Lipinski definition) is 4. The van der Waals surface area contributed by atoms with Gasteiger partial charge < -0.3 is 19.6 Å². The Balaban J connectivity index is 1.51. The number of carbonyl (C=O) groups excluding carboxylic acids is 2. The van der Waals surface area contributed by atoms with Crippen LogP contribution < -0.4 is 0 Å². The molecule has 2 aliphatic heterocycles. The van der Waals surface area contributed by atoms with Crippen LogP contribution in [0.3, 0.4) is 0 Å². The van der Waals surface area contributed by atoms with Crippen molar-refractivity contribution in [1.29, 1.82) is 0 Å². The third-order valence-corrected chi connectivity index (χ3v) is 8.26. The minimum Gasteiger partial charge on any atom is -0.481 e. The Morgan fingerprint density at radius 1 is 0.943 bits per heavy atom. The fourth-order valence-corrected chi connectivity index (χ4v) is 6.45. The molecule has 1 N–H and O–H groups in total. The average Bonchev–Trinajstić information content (AvgIpc) is 3.29. The summed E-state index contributed by atoms with van der Waals surface area (Å²) in [7, 11) is 0. The van der Waals surface area contributed by atoms with Crippen molar-refractivity contribution in [2.75, 3.05) is 19.6 Å². The van der Waals surface area contributed by atoms with Crippen molar-refractivity contribution in [3.8, 4) is 0 Å². The molecule has 35 heavy (non-hydrogen) atoms. The second-order valence-corrected chi connectivity index (χ2v) is 11.5. The highest BCUT2D eigenvalue weighted by Gasteiger charge is 2.50. The zero-order valence-corrected chi connectivity index (χ0v) is 21.4. The van der Waals surface area contributed by atoms with Gasteiger partial charge in [0.2, 0.25) is 5.91 Å². The van der Waals surface area contributed by atoms with Gasteiger partial charge in [0.1, 0.15) is 5.60 Å². The predicted molar refractivity (Wildman–Crippen MR) is 133 cm³/mol. The molecule has 2 unspecified atom stereocenters. The van der Waals surface area contributed by atoms with Gasteiger partial charge >= 0.3 is 12.1 Å². The third kappa shape index (κ3) is 5.34. The molecule has 1 aliphatic carbocycles. The second kappa shape index (κ2) is 10.2. The largest absolute Gasteiger partial charge is 0.481 e. The van der Waals surface area contributed by atoms with E-state index in [2.05, 4.69) is 0 Å². The summed E-state index contributed by atoms with van der Waals surface area (Å²) < 4.78 is 5.66. The van der Waals surface area contributed by atoms with Crippen LogP contribution in [0.5, 0.6) is 0 Å². The van der Waals surface area contributed by atoms with E-state index in [0.717, 1.165) is 31.2 Å². The Labute approximate surface area is 208 Å². The summed E-state index contributed by atoms with van der Waals surface area (Å²) in [5.74, 6) is -0.836. The molecule has 2 saturated heterocycles. The fourth-order valence-electron chi connectivity index (χ4n) is 6.45. The van der Waals surface area contributed by atoms with Gasteiger partial charge in [0.25, 0.3) is 0 Å². The number of carboxylic acids is 1. The minimum atomic E-state index is -0.714. The molecule has 2 atom stereocenters. The maximum Gasteiger partial charge on any atom is 0.410 e. The van der Waals surface area contributed by atoms with Crippen LogP contribution in [0.25, 0.3) is 0 Å². The van der Waals surface area contributed by atoms with E-state index in [-0.39, 0.29) is 23.8 Å². The van der Waals surface area contributed by atoms with E-state index in [0.29, 0.717) is 38.9 Å². The van der Waals surface area contributed by atoms with Crippen molar-refractivity contribution in [3.63, 3.8) is 0 Å². The second-order valence-electron chi connectivity index (χ2n) is 11.5. The highest BCUT2D eigenvalue weighted by atomic mass is 16.6. The van der Waals surface area contributed by atoms with Crippen LogP contribution in [0, 0.1) is 17.3 Å². The molecule has 3 aliphatic rings. The van der Waals surface area contributed by atoms with Crippen molar-refractivity contribution in [2.24, 2.45) is 17.3 Å². The normalized spacial score (nSPS) is 25.3. The van der Waals surface area contributed by atoms with Crippen molar-refractivity contribution in [3.05, 3.63) is 35.9 Å². The molecule has 0 radical (unpaired) electrons. The Morgan fingerprint density at radius 2 is 1.57 bits per heavy atom. The first kappa shape index (κ1) is 25.5. The quantitative estimate of drug-likeness (QED) is 0.630. The van der Waals surface area contributed by atoms with Crippen molar-refractivity contribution < 1.29 is 24.2 Å². The Morgan fingerprint density at radius 3 is 2.14 bits per heavy atom. The molecule has 7 nitrogen and oxygen atoms in total. The zero-order chi connectivity index (χ0) is 25.2. The maximum absolute atomic E-state index is 13.8. The lowest BCUT2D eigenvalue weighted by molar-refractivity contribution is -0.161. The van der Waals surface area contributed by atoms with E-state index in [1.807, 2.05) is 56.0 Å². The highest BCUT2D eigenvalue weighted by molar-refractivity contribution is 5.83. The summed E-state index contributed by atoms with van der Waals surface area (Å²) in [5.41, 5.74) is -0.408. The van der Waals surface area contributed by atoms with Gasteiger partial charge in [-0.05, 0) is 64.4 Å². The number of hydrogen-bond donors (Lipinski definition) is 1. The highest BCUT2D eigenvalue weighted by Crippen LogP contribution is 2.47. The number of amides is 2. The molecule has 2 amide bonds. The number of piperidine rings is 1. The van der Waals surface area contributed by atoms with Crippen molar-refractivity contribution in [2.45, 2.75) is 83.8 Å². The summed E-state index contributed by atoms with van der Waals surface area (Å²) in [6.45, 7) is 6.92. The molecule has 4 rings (SSSR count). The monoisotopic (exact) mass is 484 g/mol. The number of carboxylic acid groups (broad SMARTS) is 1. The van der Waals surface area contributed by atoms with Crippen LogP contribution in [0.1, 0.15) is 83.7 Å². The molecule has 0 bridgehead atoms. The van der Waals surface area contributed by atoms with E-state index in [4.69, 9.17) is 4.74 Å². The lowest BCUT2D eigenvalue weighted by Gasteiger charge is -2.45. The van der Waals surface area contributed by atoms with Gasteiger partial charge in [-0.3, -0.25) is 9.59 Å². The summed E-state index contributed by atoms with van der Waals surface area (Å²) >= 11 is 0. The molecule has 1 saturated carbocycles. The standard InChI is InChI=1S/C28H40N2O5/c1-27(2,3)35-26(34)30-17-14-22(23(30)20-10-6-4-7-11-20)24(31)29-18-15-28(16-19-29,25(32)33)21-12-8-5-9-13-21/h4,6-7,10-11,21-23H,5,8-9,12-19H2,1-3H3,(H,32,33). The van der Waals surface area contributed by atoms with Crippen LogP contribution in [-0.4, -0.2) is 58.1 Å². The van der Waals surface area contributed by atoms with Crippen LogP contribution in [-0.2, 0) is 14.3 Å². The van der Waals surface area contributed by atoms with E-state index in [1.54, 1.807) is 4.90 Å². The number of nitrogens with zero attached hydrogens (tertiary/aromatic N) is 2. The third-order valence-electron chi connectivity index (χ3n) is 8.26. The van der Waals surface area contributed by atoms with E-state index in [9.17, 15) is 19.5 Å². The Bertz CT molecular complexity index is 911. The molecule has 3 fully saturated rings. The molecule has 7 heteroatoms. The number of carbonyl (C=O) groups is 3. The average molecular weight is 485 g/mol. The summed E-state index contributed by atoms with van der Waals surface area (Å²) in [6, 6.07) is 9.31. The number of ether oxygens (including phenoxy) is 1. The molecule has 1 aromatic carbocycles. The summed E-state index contributed by atoms with van der Waals surface area (Å²) in [4.78, 5) is 42.8. The smallest absolute Gasteiger partial charge is 0.410 e. The lowest BCUT2D eigenvalue weighted by atomic mass is 9.63. The topological polar surface area (TPSA) is 87.2 Å². The Hall–Kier alpha value is -2.57. The van der Waals surface area contributed by atoms with Gasteiger partial charge in [0.05, 0.1) is 17.4 Å². The number of aliphatic carboxylic acids is 1. The van der Waals surface area contributed by atoms with Crippen molar-refractivity contribution in [1.82, 2.24) is 9.80 Å². The molecule has 0 spiro atoms.